The predicted octanol–water partition coefficient (Wildman–Crippen LogP) is -7.52. The van der Waals surface area contributed by atoms with Crippen LogP contribution in [0.15, 0.2) is 0 Å². The van der Waals surface area contributed by atoms with Gasteiger partial charge in [-0.15, -0.1) is 0 Å². The summed E-state index contributed by atoms with van der Waals surface area (Å²) < 4.78 is 0. The van der Waals surface area contributed by atoms with Crippen LogP contribution in [0.1, 0.15) is 58.3 Å². The van der Waals surface area contributed by atoms with Gasteiger partial charge in [-0.25, -0.2) is 0 Å². The molecule has 0 saturated heterocycles. The Balaban J connectivity index is -0.000000117. The van der Waals surface area contributed by atoms with E-state index in [1.54, 1.807) is 0 Å². The minimum atomic E-state index is -1.29. The van der Waals surface area contributed by atoms with Crippen molar-refractivity contribution in [2.45, 2.75) is 101 Å². The Kier molecular flexibility index (Phi) is 49.2. The number of carbonyl (C=O) groups excluding carboxylic acids is 2. The van der Waals surface area contributed by atoms with Gasteiger partial charge in [-0.05, 0) is 32.6 Å². The van der Waals surface area contributed by atoms with E-state index in [0.29, 0.717) is 19.4 Å². The van der Waals surface area contributed by atoms with Crippen LogP contribution in [0.5, 0.6) is 0 Å². The number of aliphatic carboxylic acids is 9. The minimum absolute atomic E-state index is 0.0213. The van der Waals surface area contributed by atoms with Crippen molar-refractivity contribution in [3.63, 3.8) is 0 Å². The summed E-state index contributed by atoms with van der Waals surface area (Å²) in [4.78, 5) is 109. The molecule has 0 spiro atoms. The van der Waals surface area contributed by atoms with Crippen molar-refractivity contribution in [3.8, 4) is 0 Å². The van der Waals surface area contributed by atoms with Crippen LogP contribution in [0.3, 0.4) is 0 Å². The van der Waals surface area contributed by atoms with Crippen LogP contribution in [0.25, 0.3) is 0 Å². The van der Waals surface area contributed by atoms with Gasteiger partial charge >= 0.3 is 53.7 Å². The van der Waals surface area contributed by atoms with Crippen molar-refractivity contribution in [1.29, 1.82) is 5.41 Å². The molecule has 0 rings (SSSR count). The van der Waals surface area contributed by atoms with Gasteiger partial charge in [0.1, 0.15) is 42.3 Å². The number of primary amides is 2. The molecule has 0 unspecified atom stereocenters. The van der Waals surface area contributed by atoms with E-state index in [9.17, 15) is 52.7 Å². The van der Waals surface area contributed by atoms with Gasteiger partial charge in [-0.3, -0.25) is 58.1 Å². The van der Waals surface area contributed by atoms with Gasteiger partial charge in [0.15, 0.2) is 5.96 Å². The lowest BCUT2D eigenvalue weighted by Crippen LogP contribution is -2.34. The Morgan fingerprint density at radius 2 is 0.794 bits per heavy atom. The molecule has 0 saturated carbocycles. The fourth-order valence-electron chi connectivity index (χ4n) is 2.15. The number of carbonyl (C=O) groups is 11. The highest BCUT2D eigenvalue weighted by Gasteiger charge is 2.15. The quantitative estimate of drug-likeness (QED) is 0.0207. The molecule has 33 heteroatoms. The second-order valence-corrected chi connectivity index (χ2v) is 12.0. The molecule has 0 fully saturated rings. The summed E-state index contributed by atoms with van der Waals surface area (Å²) >= 11 is 3.65. The summed E-state index contributed by atoms with van der Waals surface area (Å²) in [5, 5.41) is 82.2. The molecule has 0 aromatic carbocycles. The van der Waals surface area contributed by atoms with E-state index >= 15 is 0 Å². The van der Waals surface area contributed by atoms with Crippen LogP contribution < -0.4 is 62.7 Å². The molecule has 0 radical (unpaired) electrons. The summed E-state index contributed by atoms with van der Waals surface area (Å²) in [6.07, 6.45) is 0.0313. The van der Waals surface area contributed by atoms with E-state index in [2.05, 4.69) is 23.7 Å². The number of nitrogens with two attached hydrogens (primary N) is 10. The van der Waals surface area contributed by atoms with E-state index in [1.807, 2.05) is 0 Å². The van der Waals surface area contributed by atoms with E-state index in [-0.39, 0.29) is 43.8 Å². The lowest BCUT2D eigenvalue weighted by Gasteiger charge is -2.06. The third-order valence-electron chi connectivity index (χ3n) is 5.68. The number of hydrogen-bond acceptors (Lipinski definition) is 20. The van der Waals surface area contributed by atoms with Gasteiger partial charge in [0, 0.05) is 25.1 Å². The number of carboxylic acids is 9. The van der Waals surface area contributed by atoms with E-state index in [4.69, 9.17) is 103 Å². The molecular formula is C30H62N12O20S. The van der Waals surface area contributed by atoms with Crippen LogP contribution in [0.2, 0.25) is 0 Å². The maximum atomic E-state index is 10.2. The third-order valence-corrected chi connectivity index (χ3v) is 6.08. The number of carboxylic acid groups (broad SMARTS) is 9. The molecule has 0 bridgehead atoms. The van der Waals surface area contributed by atoms with Crippen molar-refractivity contribution in [1.82, 2.24) is 5.32 Å². The first-order valence-electron chi connectivity index (χ1n) is 17.1. The first-order chi connectivity index (χ1) is 28.5. The van der Waals surface area contributed by atoms with Crippen LogP contribution in [-0.2, 0) is 52.7 Å². The number of thiol groups is 1. The average Bonchev–Trinajstić information content (AvgIpc) is 3.14. The van der Waals surface area contributed by atoms with Crippen LogP contribution in [0, 0.1) is 5.41 Å². The average molecular weight is 943 g/mol. The van der Waals surface area contributed by atoms with Crippen molar-refractivity contribution in [2.75, 3.05) is 12.3 Å². The number of rotatable bonds is 22. The van der Waals surface area contributed by atoms with E-state index in [0.717, 1.165) is 0 Å². The second kappa shape index (κ2) is 43.6. The number of amides is 2. The highest BCUT2D eigenvalue weighted by molar-refractivity contribution is 7.80. The maximum Gasteiger partial charge on any atom is 0.321 e. The monoisotopic (exact) mass is 942 g/mol. The zero-order valence-corrected chi connectivity index (χ0v) is 34.7. The highest BCUT2D eigenvalue weighted by atomic mass is 32.1. The molecule has 0 aromatic rings. The van der Waals surface area contributed by atoms with Gasteiger partial charge in [0.2, 0.25) is 11.8 Å². The topological polar surface area (TPSA) is 666 Å². The van der Waals surface area contributed by atoms with Gasteiger partial charge in [0.05, 0.1) is 12.8 Å². The molecule has 368 valence electrons. The Labute approximate surface area is 363 Å². The first kappa shape index (κ1) is 71.0. The summed E-state index contributed by atoms with van der Waals surface area (Å²) in [6, 6.07) is -6.86. The first-order valence-corrected chi connectivity index (χ1v) is 17.7. The SMILES string of the molecule is C[C@H](N)C(=O)O.N=C(N)NCCC[C@H](N)C(=O)O.NC(=O)CC[C@H](N)C(=O)O.NC(=O)C[C@H](N)C(=O)O.N[C@@H](CC(=O)O)C(=O)O.N[C@@H](CCC(=O)O)C(=O)O.N[C@@H](CS)C(=O)O. The van der Waals surface area contributed by atoms with Gasteiger partial charge in [-0.2, -0.15) is 12.6 Å². The summed E-state index contributed by atoms with van der Waals surface area (Å²) in [5.74, 6) is -11.1. The number of guanidine groups is 1. The lowest BCUT2D eigenvalue weighted by molar-refractivity contribution is -0.144. The number of nitrogens with one attached hydrogen (secondary N) is 2. The van der Waals surface area contributed by atoms with E-state index < -0.39 is 114 Å². The van der Waals surface area contributed by atoms with Gasteiger partial charge in [0.25, 0.3) is 0 Å². The zero-order valence-electron chi connectivity index (χ0n) is 33.8. The van der Waals surface area contributed by atoms with Crippen LogP contribution >= 0.6 is 12.6 Å². The smallest absolute Gasteiger partial charge is 0.321 e. The summed E-state index contributed by atoms with van der Waals surface area (Å²) in [7, 11) is 0. The van der Waals surface area contributed by atoms with Gasteiger partial charge in [-0.1, -0.05) is 0 Å². The highest BCUT2D eigenvalue weighted by Crippen LogP contribution is 1.94. The summed E-state index contributed by atoms with van der Waals surface area (Å²) in [5.41, 5.74) is 49.2. The molecule has 32 nitrogen and oxygen atoms in total. The molecule has 31 N–H and O–H groups in total. The fourth-order valence-corrected chi connectivity index (χ4v) is 2.31. The van der Waals surface area contributed by atoms with Crippen molar-refractivity contribution >= 4 is 84.1 Å². The molecular weight excluding hydrogens is 880 g/mol. The Morgan fingerprint density at radius 3 is 0.984 bits per heavy atom. The van der Waals surface area contributed by atoms with Gasteiger partial charge < -0.3 is 109 Å². The normalized spacial score (nSPS) is 12.7. The molecule has 7 atom stereocenters. The van der Waals surface area contributed by atoms with E-state index in [1.165, 1.54) is 6.92 Å². The molecule has 2 amide bonds. The lowest BCUT2D eigenvalue weighted by atomic mass is 10.2. The Morgan fingerprint density at radius 1 is 0.476 bits per heavy atom. The van der Waals surface area contributed by atoms with Crippen molar-refractivity contribution in [3.05, 3.63) is 0 Å². The molecule has 0 aliphatic rings. The maximum absolute atomic E-state index is 10.2. The molecule has 0 heterocycles. The molecule has 0 aliphatic heterocycles. The fraction of sp³-hybridized carbons (Fsp3) is 0.600. The third kappa shape index (κ3) is 67.5. The Hall–Kier alpha value is -6.49. The van der Waals surface area contributed by atoms with Crippen molar-refractivity contribution < 1.29 is 98.7 Å². The number of hydrogen-bond donors (Lipinski definition) is 22. The zero-order chi connectivity index (χ0) is 51.7. The second-order valence-electron chi connectivity index (χ2n) is 11.7. The Bertz CT molecular complexity index is 1380. The van der Waals surface area contributed by atoms with Crippen molar-refractivity contribution in [2.24, 2.45) is 57.3 Å². The molecule has 63 heavy (non-hydrogen) atoms. The van der Waals surface area contributed by atoms with Crippen LogP contribution in [-0.4, -0.2) is 172 Å². The molecule has 0 aliphatic carbocycles. The standard InChI is InChI=1S/C6H14N4O2.C5H10N2O3.C5H9NO4.C4H8N2O3.C4H7NO4.C3H7NO2S.C3H7NO2/c7-4(5(11)12)2-1-3-10-6(8)9;2*6-3(5(9)10)1-2-4(7)8;2*5-2(4(8)9)1-3(6)7;4-2(1-7)3(5)6;1-2(4)3(5)6/h4H,1-3,7H2,(H,11,12)(H4,8,9,10);3H,1-2,6H2,(H2,7,8)(H,9,10);3H,1-2,6H2,(H,7,8)(H,9,10);2H,1,5H2,(H2,6,7)(H,8,9);2H,1,5H2,(H,6,7)(H,8,9);2,7H,1,4H2,(H,5,6);2H,4H2,1H3,(H,5,6)/t4-;2*3-;4*2-/m0000000/s1. The predicted molar refractivity (Wildman–Crippen MR) is 219 cm³/mol. The van der Waals surface area contributed by atoms with Crippen LogP contribution in [0.4, 0.5) is 0 Å². The molecule has 0 aromatic heterocycles. The minimum Gasteiger partial charge on any atom is -0.481 e. The largest absolute Gasteiger partial charge is 0.481 e. The summed E-state index contributed by atoms with van der Waals surface area (Å²) in [6.45, 7) is 1.90.